The van der Waals surface area contributed by atoms with Gasteiger partial charge in [0, 0.05) is 18.3 Å². The number of hydrogen-bond acceptors (Lipinski definition) is 4. The summed E-state index contributed by atoms with van der Waals surface area (Å²) in [5.74, 6) is -0.0509. The quantitative estimate of drug-likeness (QED) is 0.866. The van der Waals surface area contributed by atoms with Crippen molar-refractivity contribution in [1.29, 1.82) is 0 Å². The maximum Gasteiger partial charge on any atom is 0.155 e. The molecule has 1 saturated carbocycles. The van der Waals surface area contributed by atoms with E-state index in [2.05, 4.69) is 0 Å². The van der Waals surface area contributed by atoms with Crippen LogP contribution in [0.15, 0.2) is 24.3 Å². The predicted octanol–water partition coefficient (Wildman–Crippen LogP) is 1.63. The van der Waals surface area contributed by atoms with Gasteiger partial charge in [-0.3, -0.25) is 0 Å². The van der Waals surface area contributed by atoms with Gasteiger partial charge in [-0.2, -0.15) is 0 Å². The molecule has 1 aliphatic rings. The van der Waals surface area contributed by atoms with Crippen LogP contribution in [0.1, 0.15) is 30.9 Å². The van der Waals surface area contributed by atoms with E-state index < -0.39 is 20.6 Å². The average molecular weight is 297 g/mol. The summed E-state index contributed by atoms with van der Waals surface area (Å²) in [6.45, 7) is 6.38. The molecule has 0 amide bonds. The van der Waals surface area contributed by atoms with E-state index in [4.69, 9.17) is 10.5 Å². The lowest BCUT2D eigenvalue weighted by Gasteiger charge is -2.12. The van der Waals surface area contributed by atoms with Crippen molar-refractivity contribution in [3.8, 4) is 0 Å². The Morgan fingerprint density at radius 3 is 2.35 bits per heavy atom. The number of rotatable bonds is 6. The summed E-state index contributed by atoms with van der Waals surface area (Å²) in [6.07, 6.45) is 0. The molecule has 3 atom stereocenters. The molecule has 0 radical (unpaired) electrons. The fourth-order valence-electron chi connectivity index (χ4n) is 2.85. The van der Waals surface area contributed by atoms with E-state index in [-0.39, 0.29) is 18.3 Å². The van der Waals surface area contributed by atoms with Gasteiger partial charge in [0.1, 0.15) is 0 Å². The van der Waals surface area contributed by atoms with Gasteiger partial charge in [0.2, 0.25) is 0 Å². The molecule has 1 fully saturated rings. The molecule has 0 saturated heterocycles. The Hall–Kier alpha value is -0.910. The highest BCUT2D eigenvalue weighted by molar-refractivity contribution is 7.92. The molecule has 2 rings (SSSR count). The van der Waals surface area contributed by atoms with Gasteiger partial charge < -0.3 is 10.5 Å². The van der Waals surface area contributed by atoms with Crippen molar-refractivity contribution in [2.45, 2.75) is 37.5 Å². The summed E-state index contributed by atoms with van der Waals surface area (Å²) < 4.78 is 29.9. The van der Waals surface area contributed by atoms with Gasteiger partial charge in [-0.15, -0.1) is 0 Å². The van der Waals surface area contributed by atoms with Gasteiger partial charge >= 0.3 is 0 Å². The predicted molar refractivity (Wildman–Crippen MR) is 80.6 cm³/mol. The van der Waals surface area contributed by atoms with E-state index in [1.807, 2.05) is 38.1 Å². The topological polar surface area (TPSA) is 69.4 Å². The molecule has 4 nitrogen and oxygen atoms in total. The number of aryl methyl sites for hydroxylation is 1. The third-order valence-corrected chi connectivity index (χ3v) is 6.37. The summed E-state index contributed by atoms with van der Waals surface area (Å²) in [5.41, 5.74) is 7.69. The van der Waals surface area contributed by atoms with E-state index in [1.54, 1.807) is 6.92 Å². The molecule has 0 spiro atoms. The first-order chi connectivity index (χ1) is 9.36. The summed E-state index contributed by atoms with van der Waals surface area (Å²) in [5, 5.41) is -0.533. The van der Waals surface area contributed by atoms with Crippen LogP contribution in [0.4, 0.5) is 0 Å². The number of sulfone groups is 1. The van der Waals surface area contributed by atoms with Gasteiger partial charge in [-0.25, -0.2) is 8.42 Å². The van der Waals surface area contributed by atoms with Crippen LogP contribution in [0.25, 0.3) is 0 Å². The second-order valence-electron chi connectivity index (χ2n) is 5.51. The van der Waals surface area contributed by atoms with Crippen LogP contribution in [-0.4, -0.2) is 38.2 Å². The van der Waals surface area contributed by atoms with Gasteiger partial charge in [0.05, 0.1) is 17.4 Å². The molecule has 2 N–H and O–H groups in total. The van der Waals surface area contributed by atoms with Crippen molar-refractivity contribution in [3.05, 3.63) is 35.4 Å². The van der Waals surface area contributed by atoms with Crippen LogP contribution in [0.3, 0.4) is 0 Å². The second kappa shape index (κ2) is 5.47. The van der Waals surface area contributed by atoms with Crippen LogP contribution in [0, 0.1) is 6.92 Å². The third kappa shape index (κ3) is 2.62. The Morgan fingerprint density at radius 2 is 1.85 bits per heavy atom. The lowest BCUT2D eigenvalue weighted by atomic mass is 10.1. The minimum Gasteiger partial charge on any atom is -0.380 e. The van der Waals surface area contributed by atoms with Gasteiger partial charge in [0.15, 0.2) is 9.84 Å². The lowest BCUT2D eigenvalue weighted by molar-refractivity contribution is 0.125. The Balaban J connectivity index is 2.32. The highest BCUT2D eigenvalue weighted by atomic mass is 32.2. The molecule has 0 aliphatic heterocycles. The molecule has 0 aromatic heterocycles. The van der Waals surface area contributed by atoms with E-state index >= 15 is 0 Å². The zero-order chi connectivity index (χ0) is 15.0. The molecule has 1 aliphatic carbocycles. The first-order valence-corrected chi connectivity index (χ1v) is 8.73. The van der Waals surface area contributed by atoms with E-state index in [0.717, 1.165) is 11.1 Å². The van der Waals surface area contributed by atoms with Crippen LogP contribution in [0.5, 0.6) is 0 Å². The van der Waals surface area contributed by atoms with E-state index in [0.29, 0.717) is 6.61 Å². The molecule has 0 heterocycles. The van der Waals surface area contributed by atoms with Gasteiger partial charge in [-0.1, -0.05) is 36.8 Å². The molecule has 112 valence electrons. The Bertz CT molecular complexity index is 567. The summed E-state index contributed by atoms with van der Waals surface area (Å²) in [4.78, 5) is 0. The van der Waals surface area contributed by atoms with Crippen molar-refractivity contribution < 1.29 is 13.2 Å². The first kappa shape index (κ1) is 15.5. The maximum atomic E-state index is 12.3. The fourth-order valence-corrected chi connectivity index (χ4v) is 4.84. The average Bonchev–Trinajstić information content (AvgIpc) is 3.05. The standard InChI is InChI=1S/C15H23NO3S/c1-4-19-10-15(16)13(14(15)20(17,18)5-2)12-8-6-11(3)7-9-12/h6-9,13-14H,4-5,10,16H2,1-3H3/t13-,14-,15-/m0/s1. The monoisotopic (exact) mass is 297 g/mol. The van der Waals surface area contributed by atoms with E-state index in [1.165, 1.54) is 0 Å². The number of hydrogen-bond donors (Lipinski definition) is 1. The third-order valence-electron chi connectivity index (χ3n) is 4.08. The SMILES string of the molecule is CCOC[C@]1(N)[C@@H](c2ccc(C)cc2)[C@@H]1S(=O)(=O)CC. The van der Waals surface area contributed by atoms with Crippen molar-refractivity contribution in [3.63, 3.8) is 0 Å². The second-order valence-corrected chi connectivity index (χ2v) is 7.92. The molecule has 0 bridgehead atoms. The number of nitrogens with two attached hydrogens (primary N) is 1. The van der Waals surface area contributed by atoms with Crippen molar-refractivity contribution in [1.82, 2.24) is 0 Å². The van der Waals surface area contributed by atoms with Crippen LogP contribution in [0.2, 0.25) is 0 Å². The molecular weight excluding hydrogens is 274 g/mol. The molecular formula is C15H23NO3S. The first-order valence-electron chi connectivity index (χ1n) is 7.01. The summed E-state index contributed by atoms with van der Waals surface area (Å²) in [7, 11) is -3.18. The summed E-state index contributed by atoms with van der Waals surface area (Å²) in [6, 6.07) is 7.92. The molecule has 1 aromatic carbocycles. The zero-order valence-corrected chi connectivity index (χ0v) is 13.1. The smallest absolute Gasteiger partial charge is 0.155 e. The number of benzene rings is 1. The number of ether oxygens (including phenoxy) is 1. The van der Waals surface area contributed by atoms with Gasteiger partial charge in [-0.05, 0) is 19.4 Å². The minimum absolute atomic E-state index is 0.116. The fraction of sp³-hybridized carbons (Fsp3) is 0.600. The Kier molecular flexibility index (Phi) is 4.23. The highest BCUT2D eigenvalue weighted by Gasteiger charge is 2.68. The molecule has 5 heteroatoms. The van der Waals surface area contributed by atoms with Crippen molar-refractivity contribution in [2.24, 2.45) is 5.73 Å². The van der Waals surface area contributed by atoms with E-state index in [9.17, 15) is 8.42 Å². The molecule has 20 heavy (non-hydrogen) atoms. The van der Waals surface area contributed by atoms with Crippen LogP contribution < -0.4 is 5.73 Å². The van der Waals surface area contributed by atoms with Gasteiger partial charge in [0.25, 0.3) is 0 Å². The van der Waals surface area contributed by atoms with Crippen LogP contribution >= 0.6 is 0 Å². The normalized spacial score (nSPS) is 29.4. The molecule has 1 aromatic rings. The lowest BCUT2D eigenvalue weighted by Crippen LogP contribution is -2.36. The van der Waals surface area contributed by atoms with Crippen LogP contribution in [-0.2, 0) is 14.6 Å². The zero-order valence-electron chi connectivity index (χ0n) is 12.3. The van der Waals surface area contributed by atoms with Crippen molar-refractivity contribution in [2.75, 3.05) is 19.0 Å². The molecule has 0 unspecified atom stereocenters. The maximum absolute atomic E-state index is 12.3. The van der Waals surface area contributed by atoms with Crippen molar-refractivity contribution >= 4 is 9.84 Å². The minimum atomic E-state index is -3.18. The Morgan fingerprint density at radius 1 is 1.25 bits per heavy atom. The summed E-state index contributed by atoms with van der Waals surface area (Å²) >= 11 is 0. The Labute approximate surface area is 121 Å². The largest absolute Gasteiger partial charge is 0.380 e. The highest BCUT2D eigenvalue weighted by Crippen LogP contribution is 2.54.